The highest BCUT2D eigenvalue weighted by Crippen LogP contribution is 2.33. The highest BCUT2D eigenvalue weighted by atomic mass is 79.9. The van der Waals surface area contributed by atoms with E-state index in [0.717, 1.165) is 49.2 Å². The van der Waals surface area contributed by atoms with Crippen LogP contribution in [-0.2, 0) is 6.54 Å². The first-order valence-corrected chi connectivity index (χ1v) is 8.23. The summed E-state index contributed by atoms with van der Waals surface area (Å²) in [6.45, 7) is 2.80. The smallest absolute Gasteiger partial charge is 0.125 e. The van der Waals surface area contributed by atoms with Gasteiger partial charge < -0.3 is 14.6 Å². The fourth-order valence-electron chi connectivity index (χ4n) is 2.72. The molecule has 0 radical (unpaired) electrons. The number of hydrogen-bond donors (Lipinski definition) is 1. The van der Waals surface area contributed by atoms with Crippen molar-refractivity contribution in [2.24, 2.45) is 0 Å². The summed E-state index contributed by atoms with van der Waals surface area (Å²) in [4.78, 5) is 4.06. The predicted octanol–water partition coefficient (Wildman–Crippen LogP) is 3.54. The lowest BCUT2D eigenvalue weighted by Gasteiger charge is -2.18. The van der Waals surface area contributed by atoms with Crippen molar-refractivity contribution >= 4 is 15.9 Å². The van der Waals surface area contributed by atoms with Crippen molar-refractivity contribution in [3.05, 3.63) is 47.0 Å². The number of aromatic nitrogens is 2. The number of halogens is 1. The molecule has 1 aromatic heterocycles. The second kappa shape index (κ2) is 7.09. The van der Waals surface area contributed by atoms with Crippen LogP contribution in [0.4, 0.5) is 0 Å². The van der Waals surface area contributed by atoms with Crippen LogP contribution in [0.2, 0.25) is 0 Å². The van der Waals surface area contributed by atoms with Crippen LogP contribution >= 0.6 is 15.9 Å². The molecule has 0 aliphatic carbocycles. The van der Waals surface area contributed by atoms with Gasteiger partial charge in [0.15, 0.2) is 0 Å². The number of aryl methyl sites for hydroxylation is 1. The van der Waals surface area contributed by atoms with Gasteiger partial charge in [0.1, 0.15) is 5.75 Å². The van der Waals surface area contributed by atoms with E-state index in [1.807, 2.05) is 18.7 Å². The van der Waals surface area contributed by atoms with Crippen molar-refractivity contribution in [2.45, 2.75) is 31.8 Å². The Balaban J connectivity index is 1.57. The van der Waals surface area contributed by atoms with Gasteiger partial charge in [-0.15, -0.1) is 0 Å². The van der Waals surface area contributed by atoms with E-state index in [4.69, 9.17) is 4.74 Å². The zero-order valence-electron chi connectivity index (χ0n) is 12.0. The average Bonchev–Trinajstić information content (AvgIpc) is 2.92. The lowest BCUT2D eigenvalue weighted by molar-refractivity contribution is 0.315. The third-order valence-corrected chi connectivity index (χ3v) is 4.28. The van der Waals surface area contributed by atoms with Gasteiger partial charge in [0.05, 0.1) is 12.9 Å². The van der Waals surface area contributed by atoms with Gasteiger partial charge in [0.2, 0.25) is 0 Å². The Hall–Kier alpha value is -1.33. The SMILES string of the molecule is Brc1ccc2c(c1)OCCCC2NCCCn1ccnc1. The molecule has 1 N–H and O–H groups in total. The van der Waals surface area contributed by atoms with Gasteiger partial charge in [-0.2, -0.15) is 0 Å². The van der Waals surface area contributed by atoms with Crippen molar-refractivity contribution in [1.82, 2.24) is 14.9 Å². The molecule has 0 amide bonds. The standard InChI is InChI=1S/C16H20BrN3O/c17-13-4-5-14-15(3-1-10-21-16(14)11-13)19-6-2-8-20-9-7-18-12-20/h4-5,7,9,11-12,15,19H,1-3,6,8,10H2. The maximum atomic E-state index is 5.84. The maximum absolute atomic E-state index is 5.84. The fraction of sp³-hybridized carbons (Fsp3) is 0.438. The van der Waals surface area contributed by atoms with Gasteiger partial charge in [-0.1, -0.05) is 22.0 Å². The third kappa shape index (κ3) is 3.86. The highest BCUT2D eigenvalue weighted by molar-refractivity contribution is 9.10. The van der Waals surface area contributed by atoms with Gasteiger partial charge in [0, 0.05) is 35.0 Å². The second-order valence-electron chi connectivity index (χ2n) is 5.33. The summed E-state index contributed by atoms with van der Waals surface area (Å²) in [5, 5.41) is 3.67. The quantitative estimate of drug-likeness (QED) is 0.839. The van der Waals surface area contributed by atoms with E-state index in [2.05, 4.69) is 49.0 Å². The highest BCUT2D eigenvalue weighted by Gasteiger charge is 2.19. The Morgan fingerprint density at radius 2 is 2.38 bits per heavy atom. The fourth-order valence-corrected chi connectivity index (χ4v) is 3.06. The normalized spacial score (nSPS) is 17.9. The van der Waals surface area contributed by atoms with Gasteiger partial charge in [-0.3, -0.25) is 0 Å². The van der Waals surface area contributed by atoms with Crippen LogP contribution in [0, 0.1) is 0 Å². The zero-order valence-corrected chi connectivity index (χ0v) is 13.6. The Morgan fingerprint density at radius 1 is 1.43 bits per heavy atom. The van der Waals surface area contributed by atoms with E-state index < -0.39 is 0 Å². The van der Waals surface area contributed by atoms with E-state index in [-0.39, 0.29) is 0 Å². The van der Waals surface area contributed by atoms with Gasteiger partial charge >= 0.3 is 0 Å². The lowest BCUT2D eigenvalue weighted by Crippen LogP contribution is -2.23. The van der Waals surface area contributed by atoms with Crippen LogP contribution in [-0.4, -0.2) is 22.7 Å². The molecule has 1 atom stereocenters. The number of nitrogens with zero attached hydrogens (tertiary/aromatic N) is 2. The Kier molecular flexibility index (Phi) is 4.93. The summed E-state index contributed by atoms with van der Waals surface area (Å²) >= 11 is 3.51. The summed E-state index contributed by atoms with van der Waals surface area (Å²) in [6.07, 6.45) is 9.01. The minimum Gasteiger partial charge on any atom is -0.493 e. The van der Waals surface area contributed by atoms with Crippen molar-refractivity contribution in [1.29, 1.82) is 0 Å². The molecule has 0 spiro atoms. The summed E-state index contributed by atoms with van der Waals surface area (Å²) < 4.78 is 9.03. The van der Waals surface area contributed by atoms with Crippen LogP contribution in [0.5, 0.6) is 5.75 Å². The van der Waals surface area contributed by atoms with Crippen LogP contribution < -0.4 is 10.1 Å². The Morgan fingerprint density at radius 3 is 3.24 bits per heavy atom. The Labute approximate surface area is 133 Å². The van der Waals surface area contributed by atoms with Crippen LogP contribution in [0.15, 0.2) is 41.4 Å². The van der Waals surface area contributed by atoms with E-state index in [1.165, 1.54) is 5.56 Å². The molecule has 112 valence electrons. The topological polar surface area (TPSA) is 39.1 Å². The van der Waals surface area contributed by atoms with Gasteiger partial charge in [-0.25, -0.2) is 4.98 Å². The number of ether oxygens (including phenoxy) is 1. The first-order chi connectivity index (χ1) is 10.3. The lowest BCUT2D eigenvalue weighted by atomic mass is 10.0. The summed E-state index contributed by atoms with van der Waals surface area (Å²) in [6, 6.07) is 6.71. The third-order valence-electron chi connectivity index (χ3n) is 3.79. The van der Waals surface area contributed by atoms with E-state index in [0.29, 0.717) is 6.04 Å². The number of imidazole rings is 1. The molecule has 0 saturated carbocycles. The maximum Gasteiger partial charge on any atom is 0.125 e. The first kappa shape index (κ1) is 14.6. The van der Waals surface area contributed by atoms with E-state index >= 15 is 0 Å². The molecule has 1 aliphatic heterocycles. The zero-order chi connectivity index (χ0) is 14.5. The van der Waals surface area contributed by atoms with Crippen molar-refractivity contribution in [3.63, 3.8) is 0 Å². The van der Waals surface area contributed by atoms with Crippen molar-refractivity contribution < 1.29 is 4.74 Å². The molecular weight excluding hydrogens is 330 g/mol. The molecule has 21 heavy (non-hydrogen) atoms. The number of hydrogen-bond acceptors (Lipinski definition) is 3. The summed E-state index contributed by atoms with van der Waals surface area (Å²) in [5.41, 5.74) is 1.28. The van der Waals surface area contributed by atoms with Gasteiger partial charge in [-0.05, 0) is 37.9 Å². The molecule has 2 aromatic rings. The number of benzene rings is 1. The molecule has 0 fully saturated rings. The Bertz CT molecular complexity index is 571. The number of fused-ring (bicyclic) bond motifs is 1. The van der Waals surface area contributed by atoms with E-state index in [9.17, 15) is 0 Å². The molecule has 2 heterocycles. The summed E-state index contributed by atoms with van der Waals surface area (Å²) in [7, 11) is 0. The number of rotatable bonds is 5. The minimum absolute atomic E-state index is 0.387. The summed E-state index contributed by atoms with van der Waals surface area (Å²) in [5.74, 6) is 1.01. The van der Waals surface area contributed by atoms with E-state index in [1.54, 1.807) is 0 Å². The minimum atomic E-state index is 0.387. The van der Waals surface area contributed by atoms with Crippen LogP contribution in [0.3, 0.4) is 0 Å². The molecule has 5 heteroatoms. The molecule has 0 bridgehead atoms. The molecular formula is C16H20BrN3O. The molecule has 1 aromatic carbocycles. The molecule has 0 saturated heterocycles. The van der Waals surface area contributed by atoms with Crippen LogP contribution in [0.1, 0.15) is 30.9 Å². The molecule has 3 rings (SSSR count). The number of nitrogens with one attached hydrogen (secondary N) is 1. The second-order valence-corrected chi connectivity index (χ2v) is 6.25. The largest absolute Gasteiger partial charge is 0.493 e. The molecule has 1 aliphatic rings. The van der Waals surface area contributed by atoms with Crippen LogP contribution in [0.25, 0.3) is 0 Å². The van der Waals surface area contributed by atoms with Crippen molar-refractivity contribution in [2.75, 3.05) is 13.2 Å². The van der Waals surface area contributed by atoms with Crippen molar-refractivity contribution in [3.8, 4) is 5.75 Å². The average molecular weight is 350 g/mol. The first-order valence-electron chi connectivity index (χ1n) is 7.44. The monoisotopic (exact) mass is 349 g/mol. The predicted molar refractivity (Wildman–Crippen MR) is 86.5 cm³/mol. The van der Waals surface area contributed by atoms with Gasteiger partial charge in [0.25, 0.3) is 0 Å². The molecule has 4 nitrogen and oxygen atoms in total. The molecule has 1 unspecified atom stereocenters.